The maximum Gasteiger partial charge on any atom is 0.305 e. The molecule has 0 aliphatic heterocycles. The van der Waals surface area contributed by atoms with Crippen LogP contribution >= 0.6 is 11.3 Å². The molecule has 1 heterocycles. The minimum absolute atomic E-state index is 0.0258. The highest BCUT2D eigenvalue weighted by atomic mass is 32.1. The van der Waals surface area contributed by atoms with Gasteiger partial charge in [-0.2, -0.15) is 0 Å². The van der Waals surface area contributed by atoms with E-state index in [4.69, 9.17) is 9.47 Å². The molecule has 0 radical (unpaired) electrons. The Morgan fingerprint density at radius 2 is 1.82 bits per heavy atom. The van der Waals surface area contributed by atoms with Crippen LogP contribution in [0.25, 0.3) is 10.2 Å². The third-order valence-corrected chi connectivity index (χ3v) is 8.80. The summed E-state index contributed by atoms with van der Waals surface area (Å²) >= 11 is 1.30. The van der Waals surface area contributed by atoms with Gasteiger partial charge in [-0.15, -0.1) is 0 Å². The molecule has 1 aliphatic rings. The molecule has 0 amide bonds. The summed E-state index contributed by atoms with van der Waals surface area (Å²) in [5.41, 5.74) is 5.01. The number of benzene rings is 2. The maximum atomic E-state index is 11.5. The van der Waals surface area contributed by atoms with Crippen molar-refractivity contribution in [2.75, 3.05) is 47.4 Å². The summed E-state index contributed by atoms with van der Waals surface area (Å²) in [4.78, 5) is 19.6. The van der Waals surface area contributed by atoms with Crippen molar-refractivity contribution in [3.05, 3.63) is 56.7 Å². The number of H-pyrrole nitrogens is 1. The van der Waals surface area contributed by atoms with Crippen molar-refractivity contribution in [2.45, 2.75) is 70.8 Å². The number of nitrogens with one attached hydrogen (secondary N) is 1. The van der Waals surface area contributed by atoms with Crippen LogP contribution in [0.4, 0.5) is 0 Å². The van der Waals surface area contributed by atoms with E-state index in [1.54, 1.807) is 14.2 Å². The molecule has 2 aromatic carbocycles. The van der Waals surface area contributed by atoms with Crippen molar-refractivity contribution in [1.29, 1.82) is 0 Å². The third-order valence-electron chi connectivity index (χ3n) is 7.96. The summed E-state index contributed by atoms with van der Waals surface area (Å²) in [5, 5.41) is 0. The van der Waals surface area contributed by atoms with Gasteiger partial charge in [0, 0.05) is 18.2 Å². The van der Waals surface area contributed by atoms with Gasteiger partial charge < -0.3 is 24.3 Å². The normalized spacial score (nSPS) is 15.4. The van der Waals surface area contributed by atoms with Crippen LogP contribution in [0.15, 0.2) is 35.1 Å². The lowest BCUT2D eigenvalue weighted by Gasteiger charge is -2.36. The predicted molar refractivity (Wildman–Crippen MR) is 159 cm³/mol. The highest BCUT2D eigenvalue weighted by Crippen LogP contribution is 2.38. The minimum atomic E-state index is 0.0258. The fraction of sp³-hybridized carbons (Fsp3) is 0.581. The molecule has 0 bridgehead atoms. The Bertz CT molecular complexity index is 1220. The highest BCUT2D eigenvalue weighted by molar-refractivity contribution is 7.16. The molecule has 0 spiro atoms. The molecule has 7 heteroatoms. The zero-order chi connectivity index (χ0) is 26.9. The number of thiazole rings is 1. The molecule has 208 valence electrons. The van der Waals surface area contributed by atoms with Crippen molar-refractivity contribution in [3.8, 4) is 11.5 Å². The third kappa shape index (κ3) is 7.39. The molecule has 4 rings (SSSR count). The highest BCUT2D eigenvalue weighted by Gasteiger charge is 2.27. The SMILES string of the molecule is CCCN(CCCCCCN(C)CCc1ccc2[nH]c(=O)sc2c1)[C@H]1CCc2c(ccc(OC)c2OC)C1. The number of rotatable bonds is 15. The van der Waals surface area contributed by atoms with Gasteiger partial charge in [0.25, 0.3) is 0 Å². The number of hydrogen-bond acceptors (Lipinski definition) is 6. The van der Waals surface area contributed by atoms with Crippen molar-refractivity contribution >= 4 is 21.6 Å². The van der Waals surface area contributed by atoms with Gasteiger partial charge in [-0.1, -0.05) is 43.2 Å². The van der Waals surface area contributed by atoms with E-state index in [2.05, 4.69) is 53.0 Å². The number of aromatic nitrogens is 1. The first-order valence-corrected chi connectivity index (χ1v) is 15.1. The average molecular weight is 540 g/mol. The van der Waals surface area contributed by atoms with Crippen LogP contribution in [0.5, 0.6) is 11.5 Å². The molecule has 0 unspecified atom stereocenters. The monoisotopic (exact) mass is 539 g/mol. The Kier molecular flexibility index (Phi) is 10.7. The summed E-state index contributed by atoms with van der Waals surface area (Å²) in [7, 11) is 5.69. The van der Waals surface area contributed by atoms with Gasteiger partial charge in [-0.3, -0.25) is 4.79 Å². The Labute approximate surface area is 232 Å². The smallest absolute Gasteiger partial charge is 0.305 e. The zero-order valence-electron chi connectivity index (χ0n) is 23.7. The molecule has 38 heavy (non-hydrogen) atoms. The van der Waals surface area contributed by atoms with E-state index >= 15 is 0 Å². The van der Waals surface area contributed by atoms with Gasteiger partial charge in [0.15, 0.2) is 11.5 Å². The maximum absolute atomic E-state index is 11.5. The molecule has 1 N–H and O–H groups in total. The molecule has 1 aliphatic carbocycles. The predicted octanol–water partition coefficient (Wildman–Crippen LogP) is 5.91. The number of unbranched alkanes of at least 4 members (excludes halogenated alkanes) is 3. The molecule has 0 fully saturated rings. The first-order valence-electron chi connectivity index (χ1n) is 14.3. The number of fused-ring (bicyclic) bond motifs is 2. The fourth-order valence-electron chi connectivity index (χ4n) is 5.87. The van der Waals surface area contributed by atoms with Gasteiger partial charge in [0.05, 0.1) is 24.4 Å². The van der Waals surface area contributed by atoms with E-state index in [9.17, 15) is 4.79 Å². The van der Waals surface area contributed by atoms with Crippen molar-refractivity contribution in [1.82, 2.24) is 14.8 Å². The van der Waals surface area contributed by atoms with Crippen LogP contribution < -0.4 is 14.3 Å². The zero-order valence-corrected chi connectivity index (χ0v) is 24.5. The number of nitrogens with zero attached hydrogens (tertiary/aromatic N) is 2. The molecule has 0 saturated heterocycles. The number of methoxy groups -OCH3 is 2. The van der Waals surface area contributed by atoms with E-state index in [-0.39, 0.29) is 4.87 Å². The van der Waals surface area contributed by atoms with Gasteiger partial charge in [0.1, 0.15) is 0 Å². The van der Waals surface area contributed by atoms with E-state index < -0.39 is 0 Å². The van der Waals surface area contributed by atoms with Crippen LogP contribution in [-0.2, 0) is 19.3 Å². The van der Waals surface area contributed by atoms with Crippen LogP contribution in [-0.4, -0.2) is 68.3 Å². The number of likely N-dealkylation sites (N-methyl/N-ethyl adjacent to an activating group) is 1. The Hall–Kier alpha value is -2.35. The lowest BCUT2D eigenvalue weighted by Crippen LogP contribution is -2.40. The van der Waals surface area contributed by atoms with E-state index in [1.807, 2.05) is 6.07 Å². The van der Waals surface area contributed by atoms with Crippen LogP contribution in [0.1, 0.15) is 62.1 Å². The van der Waals surface area contributed by atoms with Gasteiger partial charge >= 0.3 is 4.87 Å². The Morgan fingerprint density at radius 1 is 1.00 bits per heavy atom. The van der Waals surface area contributed by atoms with Gasteiger partial charge in [-0.25, -0.2) is 0 Å². The Balaban J connectivity index is 1.16. The lowest BCUT2D eigenvalue weighted by atomic mass is 9.86. The number of aromatic amines is 1. The largest absolute Gasteiger partial charge is 0.493 e. The second-order valence-electron chi connectivity index (χ2n) is 10.7. The summed E-state index contributed by atoms with van der Waals surface area (Å²) in [6.45, 7) is 6.87. The molecular weight excluding hydrogens is 494 g/mol. The Morgan fingerprint density at radius 3 is 2.58 bits per heavy atom. The number of hydrogen-bond donors (Lipinski definition) is 1. The summed E-state index contributed by atoms with van der Waals surface area (Å²) in [6, 6.07) is 11.3. The molecule has 0 saturated carbocycles. The first kappa shape index (κ1) is 28.7. The van der Waals surface area contributed by atoms with Crippen LogP contribution in [0, 0.1) is 0 Å². The lowest BCUT2D eigenvalue weighted by molar-refractivity contribution is 0.175. The van der Waals surface area contributed by atoms with E-state index in [1.165, 1.54) is 79.6 Å². The first-order chi connectivity index (χ1) is 18.5. The van der Waals surface area contributed by atoms with E-state index in [0.717, 1.165) is 54.1 Å². The summed E-state index contributed by atoms with van der Waals surface area (Å²) in [5.74, 6) is 1.77. The second kappa shape index (κ2) is 14.2. The average Bonchev–Trinajstić information content (AvgIpc) is 3.31. The molecule has 1 atom stereocenters. The summed E-state index contributed by atoms with van der Waals surface area (Å²) in [6.07, 6.45) is 10.7. The second-order valence-corrected chi connectivity index (χ2v) is 11.7. The fourth-order valence-corrected chi connectivity index (χ4v) is 6.67. The molecular formula is C31H45N3O3S. The van der Waals surface area contributed by atoms with Crippen molar-refractivity contribution in [2.24, 2.45) is 0 Å². The summed E-state index contributed by atoms with van der Waals surface area (Å²) < 4.78 is 12.3. The van der Waals surface area contributed by atoms with Gasteiger partial charge in [-0.05, 0) is 101 Å². The van der Waals surface area contributed by atoms with Crippen molar-refractivity contribution in [3.63, 3.8) is 0 Å². The van der Waals surface area contributed by atoms with Gasteiger partial charge in [0.2, 0.25) is 0 Å². The van der Waals surface area contributed by atoms with Crippen LogP contribution in [0.3, 0.4) is 0 Å². The van der Waals surface area contributed by atoms with Crippen LogP contribution in [0.2, 0.25) is 0 Å². The standard InChI is InChI=1S/C31H45N3O3S/c1-5-17-34(25-12-13-26-24(22-25)11-15-28(36-3)30(26)37-4)19-9-7-6-8-18-33(2)20-16-23-10-14-27-29(21-23)38-31(35)32-27/h10-11,14-15,21,25H,5-9,12-13,16-20,22H2,1-4H3,(H,32,35)/t25-/m0/s1. The topological polar surface area (TPSA) is 57.8 Å². The number of ether oxygens (including phenoxy) is 2. The van der Waals surface area contributed by atoms with Crippen molar-refractivity contribution < 1.29 is 9.47 Å². The molecule has 3 aromatic rings. The molecule has 6 nitrogen and oxygen atoms in total. The van der Waals surface area contributed by atoms with E-state index in [0.29, 0.717) is 6.04 Å². The molecule has 1 aromatic heterocycles. The quantitative estimate of drug-likeness (QED) is 0.243. The minimum Gasteiger partial charge on any atom is -0.493 e.